The number of sulfonamides is 1. The van der Waals surface area contributed by atoms with Gasteiger partial charge in [0.1, 0.15) is 16.1 Å². The number of nitrogens with zero attached hydrogens (tertiary/aromatic N) is 2. The zero-order valence-electron chi connectivity index (χ0n) is 14.9. The van der Waals surface area contributed by atoms with Crippen LogP contribution in [0.25, 0.3) is 15.4 Å². The molecule has 0 saturated heterocycles. The van der Waals surface area contributed by atoms with Crippen molar-refractivity contribution < 1.29 is 38.0 Å². The van der Waals surface area contributed by atoms with Gasteiger partial charge in [0.15, 0.2) is 0 Å². The number of aryl methyl sites for hydroxylation is 1. The fourth-order valence-corrected chi connectivity index (χ4v) is 3.34. The molecule has 1 N–H and O–H groups in total. The van der Waals surface area contributed by atoms with Gasteiger partial charge in [-0.25, -0.2) is 8.42 Å². The standard InChI is InChI=1S/C11H6Cl2N2.C7H7ClNO2S.Na/c12-10-3-1-2-8(11(10)13)9-6-15-5-7(9)4-14;1-6-2-4-7(5-3-6)12(10,11)9-8;/h1-3,5-6,15H;2-5H,1H3;/q;-1;+1. The number of benzene rings is 2. The van der Waals surface area contributed by atoms with Gasteiger partial charge in [-0.1, -0.05) is 53.0 Å². The molecule has 1 aromatic heterocycles. The Bertz CT molecular complexity index is 1080. The minimum absolute atomic E-state index is 0. The van der Waals surface area contributed by atoms with Crippen LogP contribution in [0.15, 0.2) is 59.8 Å². The number of hydrogen-bond acceptors (Lipinski definition) is 3. The Kier molecular flexibility index (Phi) is 10.1. The van der Waals surface area contributed by atoms with E-state index in [1.165, 1.54) is 12.1 Å². The molecular formula is C18H13Cl3N3NaO2S. The van der Waals surface area contributed by atoms with Crippen molar-refractivity contribution in [1.82, 2.24) is 4.98 Å². The molecule has 0 saturated carbocycles. The van der Waals surface area contributed by atoms with Crippen molar-refractivity contribution in [3.8, 4) is 17.2 Å². The van der Waals surface area contributed by atoms with Gasteiger partial charge in [0.2, 0.25) is 0 Å². The molecule has 3 aromatic rings. The van der Waals surface area contributed by atoms with Crippen LogP contribution < -0.4 is 29.6 Å². The van der Waals surface area contributed by atoms with Gasteiger partial charge in [0.05, 0.1) is 15.6 Å². The summed E-state index contributed by atoms with van der Waals surface area (Å²) in [5.41, 5.74) is 3.08. The van der Waals surface area contributed by atoms with Crippen molar-refractivity contribution >= 4 is 45.0 Å². The SMILES string of the molecule is Cc1ccc(S(=O)(=O)[N-]Cl)cc1.N#Cc1c[nH]cc1-c1cccc(Cl)c1Cl.[Na+]. The van der Waals surface area contributed by atoms with Gasteiger partial charge in [-0.3, -0.25) is 11.8 Å². The Labute approximate surface area is 201 Å². The fraction of sp³-hybridized carbons (Fsp3) is 0.0556. The summed E-state index contributed by atoms with van der Waals surface area (Å²) in [6.07, 6.45) is 3.36. The molecule has 140 valence electrons. The van der Waals surface area contributed by atoms with Gasteiger partial charge in [-0.05, 0) is 25.1 Å². The summed E-state index contributed by atoms with van der Waals surface area (Å²) in [6, 6.07) is 13.8. The fourth-order valence-electron chi connectivity index (χ4n) is 2.14. The third-order valence-corrected chi connectivity index (χ3v) is 5.93. The first-order valence-electron chi connectivity index (χ1n) is 7.46. The second-order valence-corrected chi connectivity index (χ2v) is 8.11. The van der Waals surface area contributed by atoms with E-state index in [1.54, 1.807) is 36.7 Å². The van der Waals surface area contributed by atoms with Crippen molar-refractivity contribution in [3.05, 3.63) is 80.3 Å². The number of rotatable bonds is 3. The van der Waals surface area contributed by atoms with Crippen molar-refractivity contribution in [3.63, 3.8) is 0 Å². The van der Waals surface area contributed by atoms with E-state index >= 15 is 0 Å². The number of aromatic amines is 1. The Morgan fingerprint density at radius 2 is 1.68 bits per heavy atom. The van der Waals surface area contributed by atoms with Gasteiger partial charge >= 0.3 is 29.6 Å². The van der Waals surface area contributed by atoms with Crippen LogP contribution >= 0.6 is 35.0 Å². The van der Waals surface area contributed by atoms with E-state index in [9.17, 15) is 8.42 Å². The summed E-state index contributed by atoms with van der Waals surface area (Å²) in [5, 5.41) is 9.84. The molecule has 0 spiro atoms. The van der Waals surface area contributed by atoms with Crippen LogP contribution in [0, 0.1) is 18.3 Å². The molecule has 0 amide bonds. The molecule has 10 heteroatoms. The predicted octanol–water partition coefficient (Wildman–Crippen LogP) is 3.08. The average molecular weight is 465 g/mol. The molecule has 0 aliphatic heterocycles. The van der Waals surface area contributed by atoms with Crippen molar-refractivity contribution in [2.75, 3.05) is 0 Å². The van der Waals surface area contributed by atoms with Gasteiger partial charge in [0, 0.05) is 28.4 Å². The number of hydrogen-bond donors (Lipinski definition) is 1. The molecule has 0 unspecified atom stereocenters. The van der Waals surface area contributed by atoms with Crippen LogP contribution in [0.2, 0.25) is 10.0 Å². The average Bonchev–Trinajstić information content (AvgIpc) is 3.13. The Morgan fingerprint density at radius 1 is 1.04 bits per heavy atom. The zero-order chi connectivity index (χ0) is 20.0. The van der Waals surface area contributed by atoms with E-state index in [4.69, 9.17) is 40.2 Å². The molecule has 0 fully saturated rings. The molecule has 2 aromatic carbocycles. The molecule has 28 heavy (non-hydrogen) atoms. The Morgan fingerprint density at radius 3 is 2.25 bits per heavy atom. The summed E-state index contributed by atoms with van der Waals surface area (Å²) in [5.74, 6) is 0. The molecule has 0 aliphatic carbocycles. The van der Waals surface area contributed by atoms with E-state index in [-0.39, 0.29) is 34.5 Å². The minimum Gasteiger partial charge on any atom is -0.458 e. The van der Waals surface area contributed by atoms with E-state index in [2.05, 4.69) is 15.3 Å². The Balaban J connectivity index is 0.000000277. The molecule has 0 aliphatic rings. The largest absolute Gasteiger partial charge is 1.00 e. The van der Waals surface area contributed by atoms with E-state index in [0.29, 0.717) is 15.6 Å². The molecule has 0 radical (unpaired) electrons. The summed E-state index contributed by atoms with van der Waals surface area (Å²) in [4.78, 5) is 2.98. The molecule has 0 atom stereocenters. The van der Waals surface area contributed by atoms with Crippen molar-refractivity contribution in [2.24, 2.45) is 0 Å². The van der Waals surface area contributed by atoms with Crippen molar-refractivity contribution in [2.45, 2.75) is 11.8 Å². The maximum atomic E-state index is 11.0. The van der Waals surface area contributed by atoms with E-state index < -0.39 is 10.0 Å². The smallest absolute Gasteiger partial charge is 0.458 e. The van der Waals surface area contributed by atoms with Crippen LogP contribution in [0.5, 0.6) is 0 Å². The van der Waals surface area contributed by atoms with Crippen LogP contribution in [-0.4, -0.2) is 13.4 Å². The van der Waals surface area contributed by atoms with Gasteiger partial charge < -0.3 is 9.23 Å². The summed E-state index contributed by atoms with van der Waals surface area (Å²) >= 11 is 16.9. The number of aromatic nitrogens is 1. The Hall–Kier alpha value is -1.01. The third-order valence-electron chi connectivity index (χ3n) is 3.52. The van der Waals surface area contributed by atoms with Crippen LogP contribution in [0.4, 0.5) is 0 Å². The maximum absolute atomic E-state index is 11.0. The van der Waals surface area contributed by atoms with Crippen molar-refractivity contribution in [1.29, 1.82) is 5.26 Å². The zero-order valence-corrected chi connectivity index (χ0v) is 20.0. The maximum Gasteiger partial charge on any atom is 1.00 e. The normalized spacial score (nSPS) is 10.2. The number of halogens is 3. The molecular weight excluding hydrogens is 452 g/mol. The quantitative estimate of drug-likeness (QED) is 0.604. The van der Waals surface area contributed by atoms with E-state index in [1.807, 2.05) is 13.0 Å². The second kappa shape index (κ2) is 11.2. The van der Waals surface area contributed by atoms with Gasteiger partial charge in [-0.2, -0.15) is 5.26 Å². The first-order valence-corrected chi connectivity index (χ1v) is 9.99. The summed E-state index contributed by atoms with van der Waals surface area (Å²) in [6.45, 7) is 1.87. The van der Waals surface area contributed by atoms with Crippen LogP contribution in [-0.2, 0) is 10.0 Å². The summed E-state index contributed by atoms with van der Waals surface area (Å²) < 4.78 is 24.8. The number of H-pyrrole nitrogens is 1. The monoisotopic (exact) mass is 463 g/mol. The molecule has 0 bridgehead atoms. The summed E-state index contributed by atoms with van der Waals surface area (Å²) in [7, 11) is -3.62. The topological polar surface area (TPSA) is 87.8 Å². The minimum atomic E-state index is -3.62. The first kappa shape index (κ1) is 25.0. The number of nitriles is 1. The van der Waals surface area contributed by atoms with Gasteiger partial charge in [0.25, 0.3) is 0 Å². The molecule has 1 heterocycles. The predicted molar refractivity (Wildman–Crippen MR) is 109 cm³/mol. The van der Waals surface area contributed by atoms with Crippen LogP contribution in [0.1, 0.15) is 11.1 Å². The molecule has 3 rings (SSSR count). The van der Waals surface area contributed by atoms with E-state index in [0.717, 1.165) is 16.7 Å². The number of nitrogens with one attached hydrogen (secondary N) is 1. The second-order valence-electron chi connectivity index (χ2n) is 5.35. The van der Waals surface area contributed by atoms with Gasteiger partial charge in [-0.15, -0.1) is 0 Å². The molecule has 5 nitrogen and oxygen atoms in total. The first-order chi connectivity index (χ1) is 12.8. The third kappa shape index (κ3) is 6.24. The van der Waals surface area contributed by atoms with Crippen LogP contribution in [0.3, 0.4) is 0 Å².